The molecular weight excluding hydrogens is 114 g/mol. The minimum Gasteiger partial charge on any atom is -0.329 e. The molecule has 0 unspecified atom stereocenters. The molecule has 1 aromatic heterocycles. The molecule has 2 nitrogen and oxygen atoms in total. The third-order valence-electron chi connectivity index (χ3n) is 1.26. The Morgan fingerprint density at radius 1 is 1.67 bits per heavy atom. The van der Waals surface area contributed by atoms with Gasteiger partial charge in [-0.05, 0) is 12.0 Å². The van der Waals surface area contributed by atoms with Crippen molar-refractivity contribution in [2.24, 2.45) is 0 Å². The van der Waals surface area contributed by atoms with Crippen LogP contribution in [-0.2, 0) is 6.42 Å². The van der Waals surface area contributed by atoms with Crippen LogP contribution < -0.4 is 5.56 Å². The van der Waals surface area contributed by atoms with Crippen LogP contribution in [0.4, 0.5) is 0 Å². The molecule has 0 spiro atoms. The minimum atomic E-state index is -0.0350. The molecule has 0 amide bonds. The first-order valence-electron chi connectivity index (χ1n) is 3.00. The number of nitrogens with one attached hydrogen (secondary N) is 1. The van der Waals surface area contributed by atoms with E-state index >= 15 is 0 Å². The zero-order valence-electron chi connectivity index (χ0n) is 5.35. The number of aryl methyl sites for hydroxylation is 1. The molecule has 1 N–H and O–H groups in total. The van der Waals surface area contributed by atoms with Crippen molar-refractivity contribution in [2.45, 2.75) is 13.3 Å². The SMILES string of the molecule is CCc1ccc(=O)[nH]c1.[HH]. The third kappa shape index (κ3) is 1.42. The molecule has 0 aromatic carbocycles. The summed E-state index contributed by atoms with van der Waals surface area (Å²) in [6.07, 6.45) is 2.71. The molecule has 0 aliphatic heterocycles. The molecule has 0 saturated heterocycles. The zero-order valence-corrected chi connectivity index (χ0v) is 5.35. The van der Waals surface area contributed by atoms with Crippen molar-refractivity contribution in [2.75, 3.05) is 0 Å². The fourth-order valence-corrected chi connectivity index (χ4v) is 0.663. The monoisotopic (exact) mass is 125 g/mol. The van der Waals surface area contributed by atoms with Crippen LogP contribution in [0.2, 0.25) is 0 Å². The van der Waals surface area contributed by atoms with Crippen molar-refractivity contribution in [3.63, 3.8) is 0 Å². The summed E-state index contributed by atoms with van der Waals surface area (Å²) in [5.74, 6) is 0. The van der Waals surface area contributed by atoms with Gasteiger partial charge in [-0.1, -0.05) is 13.0 Å². The van der Waals surface area contributed by atoms with Gasteiger partial charge in [-0.3, -0.25) is 4.79 Å². The minimum absolute atomic E-state index is 0. The van der Waals surface area contributed by atoms with Crippen LogP contribution >= 0.6 is 0 Å². The summed E-state index contributed by atoms with van der Waals surface area (Å²) in [6, 6.07) is 3.37. The highest BCUT2D eigenvalue weighted by Crippen LogP contribution is 1.91. The highest BCUT2D eigenvalue weighted by atomic mass is 16.1. The van der Waals surface area contributed by atoms with Gasteiger partial charge in [0.25, 0.3) is 0 Å². The van der Waals surface area contributed by atoms with Gasteiger partial charge in [0.05, 0.1) is 0 Å². The first-order chi connectivity index (χ1) is 4.33. The Hall–Kier alpha value is -1.05. The summed E-state index contributed by atoms with van der Waals surface area (Å²) in [5.41, 5.74) is 1.13. The van der Waals surface area contributed by atoms with E-state index in [1.54, 1.807) is 12.3 Å². The molecular formula is C7H11NO. The fourth-order valence-electron chi connectivity index (χ4n) is 0.663. The zero-order chi connectivity index (χ0) is 6.69. The van der Waals surface area contributed by atoms with E-state index in [4.69, 9.17) is 0 Å². The van der Waals surface area contributed by atoms with Crippen molar-refractivity contribution in [1.29, 1.82) is 0 Å². The van der Waals surface area contributed by atoms with Crippen LogP contribution in [0.25, 0.3) is 0 Å². The topological polar surface area (TPSA) is 32.9 Å². The molecule has 0 radical (unpaired) electrons. The third-order valence-corrected chi connectivity index (χ3v) is 1.26. The average molecular weight is 125 g/mol. The summed E-state index contributed by atoms with van der Waals surface area (Å²) in [4.78, 5) is 13.1. The molecule has 9 heavy (non-hydrogen) atoms. The van der Waals surface area contributed by atoms with Gasteiger partial charge in [-0.15, -0.1) is 0 Å². The molecule has 1 heterocycles. The van der Waals surface area contributed by atoms with E-state index in [-0.39, 0.29) is 6.99 Å². The number of hydrogen-bond donors (Lipinski definition) is 1. The molecule has 0 aliphatic carbocycles. The number of hydrogen-bond acceptors (Lipinski definition) is 1. The predicted octanol–water partition coefficient (Wildman–Crippen LogP) is 1.18. The summed E-state index contributed by atoms with van der Waals surface area (Å²) in [7, 11) is 0. The van der Waals surface area contributed by atoms with Crippen molar-refractivity contribution >= 4 is 0 Å². The second kappa shape index (κ2) is 2.49. The van der Waals surface area contributed by atoms with E-state index in [9.17, 15) is 4.79 Å². The summed E-state index contributed by atoms with van der Waals surface area (Å²) in [5, 5.41) is 0. The molecule has 2 heteroatoms. The molecule has 0 fully saturated rings. The first-order valence-corrected chi connectivity index (χ1v) is 3.00. The smallest absolute Gasteiger partial charge is 0.247 e. The van der Waals surface area contributed by atoms with Gasteiger partial charge >= 0.3 is 0 Å². The van der Waals surface area contributed by atoms with Crippen LogP contribution in [0.15, 0.2) is 23.1 Å². The Kier molecular flexibility index (Phi) is 1.68. The first kappa shape index (κ1) is 6.08. The maximum atomic E-state index is 10.5. The van der Waals surface area contributed by atoms with Gasteiger partial charge in [0.15, 0.2) is 0 Å². The standard InChI is InChI=1S/C7H9NO.H2/c1-2-6-3-4-7(9)8-5-6;/h3-5H,2H2,1H3,(H,8,9);1H. The largest absolute Gasteiger partial charge is 0.329 e. The Morgan fingerprint density at radius 2 is 2.44 bits per heavy atom. The predicted molar refractivity (Wildman–Crippen MR) is 38.6 cm³/mol. The molecule has 1 aromatic rings. The number of H-pyrrole nitrogens is 1. The Balaban J connectivity index is 0.000000810. The van der Waals surface area contributed by atoms with E-state index in [1.165, 1.54) is 0 Å². The highest BCUT2D eigenvalue weighted by Gasteiger charge is 1.84. The number of pyridine rings is 1. The van der Waals surface area contributed by atoms with Gasteiger partial charge in [0, 0.05) is 13.7 Å². The Morgan fingerprint density at radius 3 is 2.89 bits per heavy atom. The van der Waals surface area contributed by atoms with E-state index in [2.05, 4.69) is 4.98 Å². The molecule has 50 valence electrons. The fraction of sp³-hybridized carbons (Fsp3) is 0.286. The van der Waals surface area contributed by atoms with E-state index < -0.39 is 0 Å². The second-order valence-electron chi connectivity index (χ2n) is 1.91. The van der Waals surface area contributed by atoms with Gasteiger partial charge in [0.1, 0.15) is 0 Å². The number of rotatable bonds is 1. The summed E-state index contributed by atoms with van der Waals surface area (Å²) >= 11 is 0. The highest BCUT2D eigenvalue weighted by molar-refractivity contribution is 5.07. The molecule has 0 bridgehead atoms. The van der Waals surface area contributed by atoms with Crippen LogP contribution in [0.3, 0.4) is 0 Å². The van der Waals surface area contributed by atoms with E-state index in [0.29, 0.717) is 0 Å². The van der Waals surface area contributed by atoms with E-state index in [1.807, 2.05) is 13.0 Å². The van der Waals surface area contributed by atoms with Crippen molar-refractivity contribution in [3.05, 3.63) is 34.2 Å². The number of aromatic nitrogens is 1. The molecule has 0 aliphatic rings. The quantitative estimate of drug-likeness (QED) is 0.600. The second-order valence-corrected chi connectivity index (χ2v) is 1.91. The summed E-state index contributed by atoms with van der Waals surface area (Å²) in [6.45, 7) is 2.05. The molecule has 0 saturated carbocycles. The maximum absolute atomic E-state index is 10.5. The Labute approximate surface area is 55.0 Å². The van der Waals surface area contributed by atoms with Crippen LogP contribution in [-0.4, -0.2) is 4.98 Å². The van der Waals surface area contributed by atoms with Gasteiger partial charge in [0.2, 0.25) is 5.56 Å². The van der Waals surface area contributed by atoms with Crippen LogP contribution in [0.1, 0.15) is 13.9 Å². The molecule has 0 atom stereocenters. The van der Waals surface area contributed by atoms with Gasteiger partial charge < -0.3 is 4.98 Å². The summed E-state index contributed by atoms with van der Waals surface area (Å²) < 4.78 is 0. The Bertz CT molecular complexity index is 223. The normalized spacial score (nSPS) is 9.44. The lowest BCUT2D eigenvalue weighted by Gasteiger charge is -1.90. The number of aromatic amines is 1. The lowest BCUT2D eigenvalue weighted by atomic mass is 10.2. The van der Waals surface area contributed by atoms with Crippen molar-refractivity contribution < 1.29 is 1.43 Å². The van der Waals surface area contributed by atoms with Gasteiger partial charge in [-0.25, -0.2) is 0 Å². The van der Waals surface area contributed by atoms with E-state index in [0.717, 1.165) is 12.0 Å². The van der Waals surface area contributed by atoms with Crippen molar-refractivity contribution in [3.8, 4) is 0 Å². The lowest BCUT2D eigenvalue weighted by molar-refractivity contribution is 1.08. The average Bonchev–Trinajstić information content (AvgIpc) is 1.90. The van der Waals surface area contributed by atoms with Crippen LogP contribution in [0.5, 0.6) is 0 Å². The van der Waals surface area contributed by atoms with Crippen molar-refractivity contribution in [1.82, 2.24) is 4.98 Å². The van der Waals surface area contributed by atoms with Gasteiger partial charge in [-0.2, -0.15) is 0 Å². The van der Waals surface area contributed by atoms with Crippen LogP contribution in [0, 0.1) is 0 Å². The molecule has 1 rings (SSSR count). The lowest BCUT2D eigenvalue weighted by Crippen LogP contribution is -2.01. The maximum Gasteiger partial charge on any atom is 0.247 e.